The molecule has 0 radical (unpaired) electrons. The summed E-state index contributed by atoms with van der Waals surface area (Å²) in [4.78, 5) is 11.7. The van der Waals surface area contributed by atoms with Crippen LogP contribution in [0.1, 0.15) is 32.3 Å². The van der Waals surface area contributed by atoms with Gasteiger partial charge in [0.25, 0.3) is 0 Å². The standard InChI is InChI=1S/C15H22BrNO/c1-15(2,11-16)12-17-14(18)10-6-9-13-7-4-3-5-8-13/h3-5,7-8H,6,9-12H2,1-2H3,(H,17,18). The molecule has 1 N–H and O–H groups in total. The lowest BCUT2D eigenvalue weighted by molar-refractivity contribution is -0.121. The van der Waals surface area contributed by atoms with E-state index in [0.29, 0.717) is 6.42 Å². The van der Waals surface area contributed by atoms with Crippen LogP contribution in [0, 0.1) is 5.41 Å². The Morgan fingerprint density at radius 2 is 1.94 bits per heavy atom. The summed E-state index contributed by atoms with van der Waals surface area (Å²) < 4.78 is 0. The quantitative estimate of drug-likeness (QED) is 0.767. The lowest BCUT2D eigenvalue weighted by Gasteiger charge is -2.21. The van der Waals surface area contributed by atoms with Crippen LogP contribution in [0.15, 0.2) is 30.3 Å². The molecule has 0 heterocycles. The van der Waals surface area contributed by atoms with Crippen molar-refractivity contribution in [2.45, 2.75) is 33.1 Å². The largest absolute Gasteiger partial charge is 0.356 e. The first-order valence-corrected chi connectivity index (χ1v) is 7.52. The Kier molecular flexibility index (Phi) is 6.41. The summed E-state index contributed by atoms with van der Waals surface area (Å²) in [6.45, 7) is 4.99. The van der Waals surface area contributed by atoms with Gasteiger partial charge in [-0.3, -0.25) is 4.79 Å². The summed E-state index contributed by atoms with van der Waals surface area (Å²) in [6.07, 6.45) is 2.48. The third kappa shape index (κ3) is 6.20. The molecule has 1 aromatic carbocycles. The number of aryl methyl sites for hydroxylation is 1. The molecule has 0 aliphatic heterocycles. The van der Waals surface area contributed by atoms with Crippen molar-refractivity contribution in [2.75, 3.05) is 11.9 Å². The van der Waals surface area contributed by atoms with Crippen LogP contribution < -0.4 is 5.32 Å². The molecule has 0 atom stereocenters. The first kappa shape index (κ1) is 15.2. The topological polar surface area (TPSA) is 29.1 Å². The predicted octanol–water partition coefficient (Wildman–Crippen LogP) is 3.55. The Hall–Kier alpha value is -0.830. The minimum Gasteiger partial charge on any atom is -0.356 e. The van der Waals surface area contributed by atoms with Gasteiger partial charge in [-0.2, -0.15) is 0 Å². The lowest BCUT2D eigenvalue weighted by Crippen LogP contribution is -2.34. The second-order valence-corrected chi connectivity index (χ2v) is 5.97. The molecule has 2 nitrogen and oxygen atoms in total. The highest BCUT2D eigenvalue weighted by Crippen LogP contribution is 2.16. The van der Waals surface area contributed by atoms with Crippen LogP contribution in [0.25, 0.3) is 0 Å². The molecule has 1 amide bonds. The van der Waals surface area contributed by atoms with Crippen molar-refractivity contribution >= 4 is 21.8 Å². The van der Waals surface area contributed by atoms with Gasteiger partial charge in [0.15, 0.2) is 0 Å². The summed E-state index contributed by atoms with van der Waals surface area (Å²) in [6, 6.07) is 10.3. The van der Waals surface area contributed by atoms with Crippen molar-refractivity contribution in [3.05, 3.63) is 35.9 Å². The van der Waals surface area contributed by atoms with Crippen LogP contribution in [-0.4, -0.2) is 17.8 Å². The highest BCUT2D eigenvalue weighted by molar-refractivity contribution is 9.09. The normalized spacial score (nSPS) is 11.3. The highest BCUT2D eigenvalue weighted by atomic mass is 79.9. The summed E-state index contributed by atoms with van der Waals surface area (Å²) in [7, 11) is 0. The van der Waals surface area contributed by atoms with E-state index in [0.717, 1.165) is 24.7 Å². The third-order valence-corrected chi connectivity index (χ3v) is 4.36. The van der Waals surface area contributed by atoms with Gasteiger partial charge in [-0.05, 0) is 23.8 Å². The highest BCUT2D eigenvalue weighted by Gasteiger charge is 2.16. The van der Waals surface area contributed by atoms with E-state index in [1.807, 2.05) is 18.2 Å². The molecule has 3 heteroatoms. The van der Waals surface area contributed by atoms with Crippen molar-refractivity contribution in [1.82, 2.24) is 5.32 Å². The molecule has 0 aliphatic rings. The second kappa shape index (κ2) is 7.57. The molecule has 0 saturated carbocycles. The Labute approximate surface area is 118 Å². The number of amides is 1. The average Bonchev–Trinajstić information content (AvgIpc) is 2.38. The van der Waals surface area contributed by atoms with Crippen LogP contribution in [0.2, 0.25) is 0 Å². The van der Waals surface area contributed by atoms with E-state index in [-0.39, 0.29) is 11.3 Å². The number of halogens is 1. The Morgan fingerprint density at radius 3 is 2.56 bits per heavy atom. The molecule has 1 aromatic rings. The number of hydrogen-bond acceptors (Lipinski definition) is 1. The van der Waals surface area contributed by atoms with Crippen LogP contribution in [0.4, 0.5) is 0 Å². The van der Waals surface area contributed by atoms with Crippen LogP contribution in [0.3, 0.4) is 0 Å². The van der Waals surface area contributed by atoms with E-state index in [4.69, 9.17) is 0 Å². The van der Waals surface area contributed by atoms with E-state index in [1.54, 1.807) is 0 Å². The first-order chi connectivity index (χ1) is 8.53. The number of carbonyl (C=O) groups excluding carboxylic acids is 1. The zero-order valence-electron chi connectivity index (χ0n) is 11.2. The van der Waals surface area contributed by atoms with Crippen LogP contribution in [-0.2, 0) is 11.2 Å². The first-order valence-electron chi connectivity index (χ1n) is 6.40. The number of hydrogen-bond donors (Lipinski definition) is 1. The summed E-state index contributed by atoms with van der Waals surface area (Å²) in [5, 5.41) is 3.88. The van der Waals surface area contributed by atoms with Crippen LogP contribution >= 0.6 is 15.9 Å². The second-order valence-electron chi connectivity index (χ2n) is 5.41. The fourth-order valence-corrected chi connectivity index (χ4v) is 1.77. The van der Waals surface area contributed by atoms with E-state index < -0.39 is 0 Å². The molecule has 0 saturated heterocycles. The molecule has 100 valence electrons. The van der Waals surface area contributed by atoms with E-state index in [1.165, 1.54) is 5.56 Å². The molecule has 0 spiro atoms. The number of nitrogens with one attached hydrogen (secondary N) is 1. The van der Waals surface area contributed by atoms with Gasteiger partial charge in [0.05, 0.1) is 0 Å². The van der Waals surface area contributed by atoms with Crippen LogP contribution in [0.5, 0.6) is 0 Å². The van der Waals surface area contributed by atoms with Gasteiger partial charge in [-0.1, -0.05) is 60.1 Å². The zero-order chi connectivity index (χ0) is 13.4. The lowest BCUT2D eigenvalue weighted by atomic mass is 9.97. The summed E-state index contributed by atoms with van der Waals surface area (Å²) in [5.41, 5.74) is 1.42. The molecule has 0 aliphatic carbocycles. The maximum atomic E-state index is 11.7. The summed E-state index contributed by atoms with van der Waals surface area (Å²) in [5.74, 6) is 0.153. The SMILES string of the molecule is CC(C)(CBr)CNC(=O)CCCc1ccccc1. The van der Waals surface area contributed by atoms with Gasteiger partial charge in [-0.25, -0.2) is 0 Å². The number of alkyl halides is 1. The monoisotopic (exact) mass is 311 g/mol. The Balaban J connectivity index is 2.18. The molecular formula is C15H22BrNO. The van der Waals surface area contributed by atoms with Gasteiger partial charge >= 0.3 is 0 Å². The Bertz CT molecular complexity index is 362. The molecule has 0 bridgehead atoms. The fraction of sp³-hybridized carbons (Fsp3) is 0.533. The zero-order valence-corrected chi connectivity index (χ0v) is 12.8. The van der Waals surface area contributed by atoms with E-state index in [9.17, 15) is 4.79 Å². The maximum Gasteiger partial charge on any atom is 0.220 e. The molecular weight excluding hydrogens is 290 g/mol. The molecule has 0 unspecified atom stereocenters. The van der Waals surface area contributed by atoms with Crippen molar-refractivity contribution < 1.29 is 4.79 Å². The van der Waals surface area contributed by atoms with E-state index in [2.05, 4.69) is 47.2 Å². The molecule has 1 rings (SSSR count). The summed E-state index contributed by atoms with van der Waals surface area (Å²) >= 11 is 3.45. The molecule has 18 heavy (non-hydrogen) atoms. The Morgan fingerprint density at radius 1 is 1.28 bits per heavy atom. The molecule has 0 fully saturated rings. The van der Waals surface area contributed by atoms with Gasteiger partial charge in [-0.15, -0.1) is 0 Å². The minimum absolute atomic E-state index is 0.120. The van der Waals surface area contributed by atoms with Crippen molar-refractivity contribution in [3.8, 4) is 0 Å². The van der Waals surface area contributed by atoms with Gasteiger partial charge in [0.2, 0.25) is 5.91 Å². The predicted molar refractivity (Wildman–Crippen MR) is 80.0 cm³/mol. The van der Waals surface area contributed by atoms with Crippen molar-refractivity contribution in [1.29, 1.82) is 0 Å². The number of carbonyl (C=O) groups is 1. The average molecular weight is 312 g/mol. The van der Waals surface area contributed by atoms with Gasteiger partial charge in [0, 0.05) is 18.3 Å². The smallest absolute Gasteiger partial charge is 0.220 e. The van der Waals surface area contributed by atoms with Gasteiger partial charge < -0.3 is 5.32 Å². The van der Waals surface area contributed by atoms with Gasteiger partial charge in [0.1, 0.15) is 0 Å². The third-order valence-electron chi connectivity index (χ3n) is 2.84. The number of benzene rings is 1. The number of rotatable bonds is 7. The van der Waals surface area contributed by atoms with E-state index >= 15 is 0 Å². The van der Waals surface area contributed by atoms with Crippen molar-refractivity contribution in [3.63, 3.8) is 0 Å². The van der Waals surface area contributed by atoms with Crippen molar-refractivity contribution in [2.24, 2.45) is 5.41 Å². The minimum atomic E-state index is 0.120. The fourth-order valence-electron chi connectivity index (χ4n) is 1.57. The molecule has 0 aromatic heterocycles. The maximum absolute atomic E-state index is 11.7.